The Morgan fingerprint density at radius 2 is 1.64 bits per heavy atom. The van der Waals surface area contributed by atoms with Crippen molar-refractivity contribution in [2.24, 2.45) is 5.92 Å². The van der Waals surface area contributed by atoms with Gasteiger partial charge in [0.2, 0.25) is 0 Å². The molecule has 0 aromatic heterocycles. The number of hydrogen-bond acceptors (Lipinski definition) is 0. The van der Waals surface area contributed by atoms with Gasteiger partial charge in [-0.15, -0.1) is 0 Å². The van der Waals surface area contributed by atoms with E-state index in [1.54, 1.807) is 21.9 Å². The Labute approximate surface area is 171 Å². The van der Waals surface area contributed by atoms with Crippen molar-refractivity contribution in [3.8, 4) is 11.1 Å². The van der Waals surface area contributed by atoms with Crippen LogP contribution in [0.25, 0.3) is 17.2 Å². The summed E-state index contributed by atoms with van der Waals surface area (Å²) in [4.78, 5) is 0. The minimum Gasteiger partial charge on any atom is -0.0748 e. The average molecular weight is 385 g/mol. The molecule has 0 N–H and O–H groups in total. The van der Waals surface area contributed by atoms with E-state index in [1.807, 2.05) is 0 Å². The van der Waals surface area contributed by atoms with Gasteiger partial charge in [-0.25, -0.2) is 0 Å². The van der Waals surface area contributed by atoms with Crippen LogP contribution in [0.1, 0.15) is 50.8 Å². The number of benzene rings is 2. The second-order valence-corrected chi connectivity index (χ2v) is 13.6. The van der Waals surface area contributed by atoms with Crippen LogP contribution in [0.4, 0.5) is 0 Å². The highest BCUT2D eigenvalue weighted by Gasteiger charge is 2.44. The minimum absolute atomic E-state index is 0.584. The monoisotopic (exact) mass is 384 g/mol. The first kappa shape index (κ1) is 19.2. The van der Waals surface area contributed by atoms with Crippen molar-refractivity contribution < 1.29 is 0 Å². The highest BCUT2D eigenvalue weighted by atomic mass is 28.3. The molecule has 2 unspecified atom stereocenters. The summed E-state index contributed by atoms with van der Waals surface area (Å²) < 4.78 is 0. The van der Waals surface area contributed by atoms with Crippen molar-refractivity contribution in [2.45, 2.75) is 52.8 Å². The number of fused-ring (bicyclic) bond motifs is 1. The van der Waals surface area contributed by atoms with Crippen LogP contribution in [-0.4, -0.2) is 8.07 Å². The number of rotatable bonds is 4. The van der Waals surface area contributed by atoms with Crippen molar-refractivity contribution in [3.05, 3.63) is 87.6 Å². The summed E-state index contributed by atoms with van der Waals surface area (Å²) in [7, 11) is -1.71. The molecule has 0 saturated heterocycles. The van der Waals surface area contributed by atoms with E-state index in [2.05, 4.69) is 101 Å². The smallest absolute Gasteiger partial charge is 0.0748 e. The third-order valence-electron chi connectivity index (χ3n) is 7.01. The molecule has 2 aromatic rings. The van der Waals surface area contributed by atoms with Crippen LogP contribution in [0, 0.1) is 5.92 Å². The van der Waals surface area contributed by atoms with E-state index < -0.39 is 8.07 Å². The summed E-state index contributed by atoms with van der Waals surface area (Å²) in [5, 5.41) is 1.76. The van der Waals surface area contributed by atoms with E-state index >= 15 is 0 Å². The van der Waals surface area contributed by atoms with Crippen molar-refractivity contribution in [1.29, 1.82) is 0 Å². The minimum atomic E-state index is -1.71. The third kappa shape index (κ3) is 2.88. The van der Waals surface area contributed by atoms with Gasteiger partial charge in [-0.3, -0.25) is 0 Å². The lowest BCUT2D eigenvalue weighted by atomic mass is 9.97. The van der Waals surface area contributed by atoms with Gasteiger partial charge in [-0.05, 0) is 48.4 Å². The molecule has 0 spiro atoms. The molecule has 28 heavy (non-hydrogen) atoms. The maximum Gasteiger partial charge on any atom is 0.0883 e. The van der Waals surface area contributed by atoms with E-state index in [0.29, 0.717) is 11.5 Å². The Morgan fingerprint density at radius 1 is 0.929 bits per heavy atom. The molecule has 0 heterocycles. The lowest BCUT2D eigenvalue weighted by molar-refractivity contribution is 0.891. The van der Waals surface area contributed by atoms with Gasteiger partial charge in [0, 0.05) is 5.54 Å². The summed E-state index contributed by atoms with van der Waals surface area (Å²) in [5.41, 5.74) is 11.0. The van der Waals surface area contributed by atoms with Gasteiger partial charge in [0.1, 0.15) is 0 Å². The fourth-order valence-corrected chi connectivity index (χ4v) is 10.8. The largest absolute Gasteiger partial charge is 0.0883 e. The molecule has 2 aliphatic rings. The van der Waals surface area contributed by atoms with Crippen molar-refractivity contribution in [2.75, 3.05) is 0 Å². The standard InChI is InChI=1S/C27H32Si/c1-7-21-17-25-23(22-12-9-8-10-13-22)14-11-15-24(25)27(21)28(5,6)26-19(3)16-18(2)20(26)4/h8-17,19,27H,7H2,1-6H3. The zero-order valence-electron chi connectivity index (χ0n) is 18.1. The molecular weight excluding hydrogens is 352 g/mol. The van der Waals surface area contributed by atoms with E-state index in [-0.39, 0.29) is 0 Å². The van der Waals surface area contributed by atoms with Crippen molar-refractivity contribution in [3.63, 3.8) is 0 Å². The van der Waals surface area contributed by atoms with Gasteiger partial charge in [0.05, 0.1) is 8.07 Å². The Hall–Kier alpha value is -2.12. The summed E-state index contributed by atoms with van der Waals surface area (Å²) in [6.07, 6.45) is 6.13. The average Bonchev–Trinajstić information content (AvgIpc) is 3.19. The molecule has 144 valence electrons. The molecule has 0 saturated carbocycles. The Morgan fingerprint density at radius 3 is 2.25 bits per heavy atom. The topological polar surface area (TPSA) is 0 Å². The second kappa shape index (κ2) is 7.04. The maximum atomic E-state index is 2.60. The van der Waals surface area contributed by atoms with E-state index in [4.69, 9.17) is 0 Å². The summed E-state index contributed by atoms with van der Waals surface area (Å²) in [5.74, 6) is 0.584. The maximum absolute atomic E-state index is 2.60. The first-order valence-corrected chi connectivity index (χ1v) is 13.7. The Bertz CT molecular complexity index is 1000. The fraction of sp³-hybridized carbons (Fsp3) is 0.333. The molecule has 0 aliphatic heterocycles. The highest BCUT2D eigenvalue weighted by molar-refractivity contribution is 6.86. The van der Waals surface area contributed by atoms with Crippen LogP contribution in [-0.2, 0) is 0 Å². The van der Waals surface area contributed by atoms with Crippen molar-refractivity contribution in [1.82, 2.24) is 0 Å². The van der Waals surface area contributed by atoms with Crippen molar-refractivity contribution >= 4 is 14.1 Å². The van der Waals surface area contributed by atoms with Crippen LogP contribution < -0.4 is 0 Å². The molecule has 2 aliphatic carbocycles. The van der Waals surface area contributed by atoms with Gasteiger partial charge >= 0.3 is 0 Å². The molecule has 0 amide bonds. The first-order chi connectivity index (χ1) is 13.4. The molecule has 1 heteroatoms. The lowest BCUT2D eigenvalue weighted by Gasteiger charge is -2.37. The molecule has 2 atom stereocenters. The molecular formula is C27H32Si. The van der Waals surface area contributed by atoms with Crippen LogP contribution in [0.3, 0.4) is 0 Å². The first-order valence-electron chi connectivity index (χ1n) is 10.6. The van der Waals surface area contributed by atoms with E-state index in [1.165, 1.54) is 22.3 Å². The zero-order chi connectivity index (χ0) is 20.1. The quantitative estimate of drug-likeness (QED) is 0.469. The second-order valence-electron chi connectivity index (χ2n) is 9.08. The third-order valence-corrected chi connectivity index (χ3v) is 11.4. The van der Waals surface area contributed by atoms with Crippen LogP contribution in [0.5, 0.6) is 0 Å². The zero-order valence-corrected chi connectivity index (χ0v) is 19.1. The normalized spacial score (nSPS) is 21.6. The summed E-state index contributed by atoms with van der Waals surface area (Å²) in [6, 6.07) is 17.8. The van der Waals surface area contributed by atoms with Gasteiger partial charge < -0.3 is 0 Å². The fourth-order valence-electron chi connectivity index (χ4n) is 5.86. The van der Waals surface area contributed by atoms with Gasteiger partial charge in [-0.2, -0.15) is 0 Å². The van der Waals surface area contributed by atoms with Crippen LogP contribution in [0.2, 0.25) is 13.1 Å². The van der Waals surface area contributed by atoms with Crippen LogP contribution in [0.15, 0.2) is 76.5 Å². The summed E-state index contributed by atoms with van der Waals surface area (Å²) >= 11 is 0. The van der Waals surface area contributed by atoms with Crippen LogP contribution >= 0.6 is 0 Å². The van der Waals surface area contributed by atoms with E-state index in [9.17, 15) is 0 Å². The predicted octanol–water partition coefficient (Wildman–Crippen LogP) is 7.94. The van der Waals surface area contributed by atoms with Gasteiger partial charge in [0.15, 0.2) is 0 Å². The molecule has 2 aromatic carbocycles. The molecule has 0 nitrogen and oxygen atoms in total. The Balaban J connectivity index is 1.87. The number of allylic oxidation sites excluding steroid dienone is 5. The Kier molecular flexibility index (Phi) is 4.83. The van der Waals surface area contributed by atoms with E-state index in [0.717, 1.165) is 6.42 Å². The molecule has 0 bridgehead atoms. The lowest BCUT2D eigenvalue weighted by Crippen LogP contribution is -2.40. The molecule has 0 radical (unpaired) electrons. The highest BCUT2D eigenvalue weighted by Crippen LogP contribution is 2.51. The van der Waals surface area contributed by atoms with Gasteiger partial charge in [0.25, 0.3) is 0 Å². The SMILES string of the molecule is CCC1=Cc2c(-c3ccccc3)cccc2C1[Si](C)(C)C1=C(C)C(C)=CC1C. The van der Waals surface area contributed by atoms with Gasteiger partial charge in [-0.1, -0.05) is 110 Å². The molecule has 0 fully saturated rings. The molecule has 4 rings (SSSR count). The summed E-state index contributed by atoms with van der Waals surface area (Å²) in [6.45, 7) is 14.6. The predicted molar refractivity (Wildman–Crippen MR) is 126 cm³/mol. The number of hydrogen-bond donors (Lipinski definition) is 0.